The van der Waals surface area contributed by atoms with Crippen molar-refractivity contribution < 1.29 is 4.79 Å². The number of nitrogens with zero attached hydrogens (tertiary/aromatic N) is 1. The summed E-state index contributed by atoms with van der Waals surface area (Å²) < 4.78 is 0. The first-order chi connectivity index (χ1) is 4.33. The minimum atomic E-state index is -0.129. The molecule has 0 amide bonds. The van der Waals surface area contributed by atoms with Gasteiger partial charge in [0.2, 0.25) is 0 Å². The second-order valence-electron chi connectivity index (χ2n) is 3.42. The Morgan fingerprint density at radius 3 is 1.70 bits per heavy atom. The van der Waals surface area contributed by atoms with Crippen molar-refractivity contribution in [3.05, 3.63) is 0 Å². The zero-order valence-corrected chi connectivity index (χ0v) is 7.36. The topological polar surface area (TPSA) is 29.4 Å². The number of ketones is 1. The summed E-state index contributed by atoms with van der Waals surface area (Å²) in [7, 11) is 0. The van der Waals surface area contributed by atoms with Crippen molar-refractivity contribution in [2.24, 2.45) is 4.99 Å². The van der Waals surface area contributed by atoms with Crippen molar-refractivity contribution >= 4 is 11.5 Å². The predicted octanol–water partition coefficient (Wildman–Crippen LogP) is 1.83. The number of carbonyl (C=O) groups is 1. The summed E-state index contributed by atoms with van der Waals surface area (Å²) in [6, 6.07) is 0. The highest BCUT2D eigenvalue weighted by Crippen LogP contribution is 2.06. The average molecular weight is 141 g/mol. The molecule has 0 heterocycles. The van der Waals surface area contributed by atoms with Gasteiger partial charge in [-0.3, -0.25) is 9.79 Å². The maximum Gasteiger partial charge on any atom is 0.173 e. The summed E-state index contributed by atoms with van der Waals surface area (Å²) in [4.78, 5) is 14.9. The fourth-order valence-corrected chi connectivity index (χ4v) is 0.582. The van der Waals surface area contributed by atoms with Gasteiger partial charge in [0.25, 0.3) is 0 Å². The van der Waals surface area contributed by atoms with E-state index in [2.05, 4.69) is 4.99 Å². The van der Waals surface area contributed by atoms with Crippen LogP contribution in [-0.2, 0) is 4.79 Å². The van der Waals surface area contributed by atoms with E-state index < -0.39 is 0 Å². The van der Waals surface area contributed by atoms with Gasteiger partial charge in [-0.1, -0.05) is 0 Å². The molecule has 0 N–H and O–H groups in total. The smallest absolute Gasteiger partial charge is 0.173 e. The lowest BCUT2D eigenvalue weighted by molar-refractivity contribution is -0.111. The van der Waals surface area contributed by atoms with E-state index >= 15 is 0 Å². The molecule has 0 unspecified atom stereocenters. The Hall–Kier alpha value is -0.660. The van der Waals surface area contributed by atoms with Crippen LogP contribution in [0.25, 0.3) is 0 Å². The molecule has 58 valence electrons. The van der Waals surface area contributed by atoms with Crippen molar-refractivity contribution in [2.75, 3.05) is 0 Å². The standard InChI is InChI=1S/C8H15NO/c1-6(7(2)10)9-8(3,4)5/h1-5H3/b9-6-. The van der Waals surface area contributed by atoms with E-state index in [0.717, 1.165) is 0 Å². The molecule has 0 radical (unpaired) electrons. The highest BCUT2D eigenvalue weighted by Gasteiger charge is 2.08. The van der Waals surface area contributed by atoms with Gasteiger partial charge >= 0.3 is 0 Å². The van der Waals surface area contributed by atoms with E-state index in [1.807, 2.05) is 20.8 Å². The van der Waals surface area contributed by atoms with Crippen LogP contribution in [0.1, 0.15) is 34.6 Å². The first-order valence-corrected chi connectivity index (χ1v) is 3.40. The van der Waals surface area contributed by atoms with E-state index in [9.17, 15) is 4.79 Å². The van der Waals surface area contributed by atoms with Crippen molar-refractivity contribution in [1.82, 2.24) is 0 Å². The van der Waals surface area contributed by atoms with E-state index in [-0.39, 0.29) is 11.3 Å². The van der Waals surface area contributed by atoms with E-state index in [1.54, 1.807) is 6.92 Å². The molecule has 0 aliphatic rings. The molecule has 0 aliphatic carbocycles. The molecule has 2 heteroatoms. The van der Waals surface area contributed by atoms with Crippen LogP contribution in [0, 0.1) is 0 Å². The molecule has 0 aromatic carbocycles. The monoisotopic (exact) mass is 141 g/mol. The minimum Gasteiger partial charge on any atom is -0.293 e. The van der Waals surface area contributed by atoms with Gasteiger partial charge in [-0.15, -0.1) is 0 Å². The lowest BCUT2D eigenvalue weighted by Crippen LogP contribution is -2.16. The fraction of sp³-hybridized carbons (Fsp3) is 0.750. The first-order valence-electron chi connectivity index (χ1n) is 3.40. The highest BCUT2D eigenvalue weighted by molar-refractivity contribution is 6.38. The number of hydrogen-bond donors (Lipinski definition) is 0. The molecule has 0 atom stereocenters. The Balaban J connectivity index is 4.32. The second-order valence-corrected chi connectivity index (χ2v) is 3.42. The number of hydrogen-bond acceptors (Lipinski definition) is 2. The van der Waals surface area contributed by atoms with Crippen LogP contribution in [-0.4, -0.2) is 17.0 Å². The Labute approximate surface area is 62.4 Å². The third-order valence-corrected chi connectivity index (χ3v) is 1.01. The molecular weight excluding hydrogens is 126 g/mol. The maximum absolute atomic E-state index is 10.7. The molecular formula is C8H15NO. The van der Waals surface area contributed by atoms with E-state index in [1.165, 1.54) is 6.92 Å². The summed E-state index contributed by atoms with van der Waals surface area (Å²) in [6.07, 6.45) is 0. The van der Waals surface area contributed by atoms with E-state index in [0.29, 0.717) is 5.71 Å². The molecule has 0 fully saturated rings. The van der Waals surface area contributed by atoms with Crippen LogP contribution >= 0.6 is 0 Å². The second kappa shape index (κ2) is 2.95. The third-order valence-electron chi connectivity index (χ3n) is 1.01. The SMILES string of the molecule is CC(=O)/C(C)=N\C(C)(C)C. The first kappa shape index (κ1) is 9.34. The van der Waals surface area contributed by atoms with Gasteiger partial charge in [0, 0.05) is 6.92 Å². The van der Waals surface area contributed by atoms with Crippen molar-refractivity contribution in [1.29, 1.82) is 0 Å². The van der Waals surface area contributed by atoms with Gasteiger partial charge in [-0.25, -0.2) is 0 Å². The molecule has 0 bridgehead atoms. The minimum absolute atomic E-state index is 0.0509. The average Bonchev–Trinajstić information content (AvgIpc) is 1.60. The normalized spacial score (nSPS) is 13.5. The Morgan fingerprint density at radius 1 is 1.20 bits per heavy atom. The van der Waals surface area contributed by atoms with Gasteiger partial charge in [0.1, 0.15) is 0 Å². The molecule has 2 nitrogen and oxygen atoms in total. The molecule has 10 heavy (non-hydrogen) atoms. The predicted molar refractivity (Wildman–Crippen MR) is 43.5 cm³/mol. The largest absolute Gasteiger partial charge is 0.293 e. The van der Waals surface area contributed by atoms with Crippen LogP contribution in [0.2, 0.25) is 0 Å². The Bertz CT molecular complexity index is 163. The summed E-state index contributed by atoms with van der Waals surface area (Å²) in [5.41, 5.74) is 0.475. The fourth-order valence-electron chi connectivity index (χ4n) is 0.582. The van der Waals surface area contributed by atoms with Crippen molar-refractivity contribution in [2.45, 2.75) is 40.2 Å². The zero-order chi connectivity index (χ0) is 8.36. The van der Waals surface area contributed by atoms with Gasteiger partial charge in [0.15, 0.2) is 5.78 Å². The van der Waals surface area contributed by atoms with Crippen LogP contribution in [0.5, 0.6) is 0 Å². The van der Waals surface area contributed by atoms with Gasteiger partial charge in [0.05, 0.1) is 11.3 Å². The van der Waals surface area contributed by atoms with Gasteiger partial charge < -0.3 is 0 Å². The molecule has 0 spiro atoms. The van der Waals surface area contributed by atoms with Gasteiger partial charge in [-0.2, -0.15) is 0 Å². The van der Waals surface area contributed by atoms with Crippen LogP contribution in [0.3, 0.4) is 0 Å². The summed E-state index contributed by atoms with van der Waals surface area (Å²) in [5.74, 6) is 0.0509. The molecule has 0 saturated heterocycles. The third kappa shape index (κ3) is 4.24. The zero-order valence-electron chi connectivity index (χ0n) is 7.36. The molecule has 0 saturated carbocycles. The summed E-state index contributed by atoms with van der Waals surface area (Å²) >= 11 is 0. The lowest BCUT2D eigenvalue weighted by atomic mass is 10.1. The molecule has 0 rings (SSSR count). The summed E-state index contributed by atoms with van der Waals surface area (Å²) in [6.45, 7) is 9.19. The number of Topliss-reactive ketones (excluding diaryl/α,β-unsaturated/α-hetero) is 1. The number of carbonyl (C=O) groups excluding carboxylic acids is 1. The summed E-state index contributed by atoms with van der Waals surface area (Å²) in [5, 5.41) is 0. The molecule has 0 aliphatic heterocycles. The van der Waals surface area contributed by atoms with Gasteiger partial charge in [-0.05, 0) is 27.7 Å². The van der Waals surface area contributed by atoms with Crippen molar-refractivity contribution in [3.8, 4) is 0 Å². The molecule has 0 aromatic heterocycles. The van der Waals surface area contributed by atoms with Crippen LogP contribution in [0.4, 0.5) is 0 Å². The quantitative estimate of drug-likeness (QED) is 0.512. The Morgan fingerprint density at radius 2 is 1.60 bits per heavy atom. The van der Waals surface area contributed by atoms with Crippen LogP contribution < -0.4 is 0 Å². The van der Waals surface area contributed by atoms with Crippen LogP contribution in [0.15, 0.2) is 4.99 Å². The van der Waals surface area contributed by atoms with E-state index in [4.69, 9.17) is 0 Å². The maximum atomic E-state index is 10.7. The molecule has 0 aromatic rings. The number of rotatable bonds is 1. The lowest BCUT2D eigenvalue weighted by Gasteiger charge is -2.12. The van der Waals surface area contributed by atoms with Crippen molar-refractivity contribution in [3.63, 3.8) is 0 Å². The Kier molecular flexibility index (Phi) is 2.76. The highest BCUT2D eigenvalue weighted by atomic mass is 16.1. The number of aliphatic imine (C=N–C) groups is 1.